The third-order valence-corrected chi connectivity index (χ3v) is 4.48. The predicted molar refractivity (Wildman–Crippen MR) is 83.8 cm³/mol. The Balaban J connectivity index is 1.94. The number of thiophene rings is 1. The zero-order chi connectivity index (χ0) is 14.5. The monoisotopic (exact) mass is 348 g/mol. The summed E-state index contributed by atoms with van der Waals surface area (Å²) in [6, 6.07) is 10.9. The number of ketones is 1. The number of hydrogen-bond acceptors (Lipinski definition) is 4. The van der Waals surface area contributed by atoms with E-state index in [2.05, 4.69) is 22.0 Å². The number of halogens is 1. The van der Waals surface area contributed by atoms with Crippen LogP contribution in [0.2, 0.25) is 0 Å². The van der Waals surface area contributed by atoms with Crippen LogP contribution in [0.5, 0.6) is 0 Å². The highest BCUT2D eigenvalue weighted by molar-refractivity contribution is 9.10. The van der Waals surface area contributed by atoms with Crippen molar-refractivity contribution in [2.24, 2.45) is 0 Å². The minimum atomic E-state index is 0.0626. The van der Waals surface area contributed by atoms with Crippen LogP contribution in [0.15, 0.2) is 40.2 Å². The van der Waals surface area contributed by atoms with E-state index in [1.807, 2.05) is 23.4 Å². The van der Waals surface area contributed by atoms with E-state index >= 15 is 0 Å². The van der Waals surface area contributed by atoms with E-state index in [1.165, 1.54) is 4.88 Å². The molecule has 0 unspecified atom stereocenters. The molecule has 0 spiro atoms. The van der Waals surface area contributed by atoms with E-state index in [-0.39, 0.29) is 5.78 Å². The van der Waals surface area contributed by atoms with Crippen molar-refractivity contribution in [3.05, 3.63) is 56.2 Å². The minimum Gasteiger partial charge on any atom is -0.294 e. The van der Waals surface area contributed by atoms with Crippen LogP contribution in [0.1, 0.15) is 20.8 Å². The molecule has 1 heterocycles. The Kier molecular flexibility index (Phi) is 5.07. The first-order valence-electron chi connectivity index (χ1n) is 6.03. The Morgan fingerprint density at radius 3 is 2.65 bits per heavy atom. The molecule has 0 aliphatic heterocycles. The van der Waals surface area contributed by atoms with Gasteiger partial charge in [0.1, 0.15) is 0 Å². The SMILES string of the molecule is CN(CC(=O)c1ccc(C#N)cc1)Cc1cc(Br)cs1. The van der Waals surface area contributed by atoms with Gasteiger partial charge in [0.25, 0.3) is 0 Å². The lowest BCUT2D eigenvalue weighted by Gasteiger charge is -2.14. The lowest BCUT2D eigenvalue weighted by Crippen LogP contribution is -2.25. The average Bonchev–Trinajstić information content (AvgIpc) is 2.84. The maximum Gasteiger partial charge on any atom is 0.176 e. The smallest absolute Gasteiger partial charge is 0.176 e. The first kappa shape index (κ1) is 14.9. The van der Waals surface area contributed by atoms with Crippen molar-refractivity contribution in [1.82, 2.24) is 4.90 Å². The van der Waals surface area contributed by atoms with Gasteiger partial charge in [-0.15, -0.1) is 11.3 Å². The molecule has 0 aliphatic carbocycles. The average molecular weight is 349 g/mol. The highest BCUT2D eigenvalue weighted by atomic mass is 79.9. The quantitative estimate of drug-likeness (QED) is 0.773. The number of carbonyl (C=O) groups excluding carboxylic acids is 1. The Labute approximate surface area is 130 Å². The molecular formula is C15H13BrN2OS. The molecule has 20 heavy (non-hydrogen) atoms. The van der Waals surface area contributed by atoms with Crippen LogP contribution in [0, 0.1) is 11.3 Å². The molecule has 102 valence electrons. The largest absolute Gasteiger partial charge is 0.294 e. The van der Waals surface area contributed by atoms with Crippen LogP contribution in [0.3, 0.4) is 0 Å². The summed E-state index contributed by atoms with van der Waals surface area (Å²) in [4.78, 5) is 15.3. The van der Waals surface area contributed by atoms with Crippen LogP contribution in [0.4, 0.5) is 0 Å². The Hall–Kier alpha value is -1.48. The van der Waals surface area contributed by atoms with Crippen LogP contribution < -0.4 is 0 Å². The van der Waals surface area contributed by atoms with E-state index < -0.39 is 0 Å². The second kappa shape index (κ2) is 6.80. The van der Waals surface area contributed by atoms with Crippen molar-refractivity contribution >= 4 is 33.0 Å². The van der Waals surface area contributed by atoms with E-state index in [1.54, 1.807) is 35.6 Å². The molecule has 0 N–H and O–H groups in total. The fraction of sp³-hybridized carbons (Fsp3) is 0.200. The molecule has 0 fully saturated rings. The summed E-state index contributed by atoms with van der Waals surface area (Å²) in [7, 11) is 1.93. The summed E-state index contributed by atoms with van der Waals surface area (Å²) in [5.41, 5.74) is 1.21. The molecule has 1 aromatic heterocycles. The normalized spacial score (nSPS) is 10.5. The minimum absolute atomic E-state index is 0.0626. The van der Waals surface area contributed by atoms with Crippen LogP contribution in [0.25, 0.3) is 0 Å². The van der Waals surface area contributed by atoms with Gasteiger partial charge in [0.2, 0.25) is 0 Å². The summed E-state index contributed by atoms with van der Waals surface area (Å²) in [6.45, 7) is 1.11. The molecule has 3 nitrogen and oxygen atoms in total. The molecule has 5 heteroatoms. The number of rotatable bonds is 5. The molecule has 1 aromatic carbocycles. The topological polar surface area (TPSA) is 44.1 Å². The van der Waals surface area contributed by atoms with E-state index in [4.69, 9.17) is 5.26 Å². The van der Waals surface area contributed by atoms with Gasteiger partial charge in [-0.1, -0.05) is 12.1 Å². The fourth-order valence-electron chi connectivity index (χ4n) is 1.83. The van der Waals surface area contributed by atoms with E-state index in [0.717, 1.165) is 11.0 Å². The second-order valence-corrected chi connectivity index (χ2v) is 6.43. The van der Waals surface area contributed by atoms with Gasteiger partial charge in [-0.2, -0.15) is 5.26 Å². The Bertz CT molecular complexity index is 643. The van der Waals surface area contributed by atoms with Crippen molar-refractivity contribution in [2.45, 2.75) is 6.54 Å². The molecule has 0 aliphatic rings. The number of nitrogens with zero attached hydrogens (tertiary/aromatic N) is 2. The molecular weight excluding hydrogens is 336 g/mol. The predicted octanol–water partition coefficient (Wildman–Crippen LogP) is 3.70. The van der Waals surface area contributed by atoms with Crippen molar-refractivity contribution in [2.75, 3.05) is 13.6 Å². The van der Waals surface area contributed by atoms with Crippen molar-refractivity contribution in [3.63, 3.8) is 0 Å². The number of hydrogen-bond donors (Lipinski definition) is 0. The standard InChI is InChI=1S/C15H13BrN2OS/c1-18(8-14-6-13(16)10-20-14)9-15(19)12-4-2-11(7-17)3-5-12/h2-6,10H,8-9H2,1H3. The lowest BCUT2D eigenvalue weighted by atomic mass is 10.1. The van der Waals surface area contributed by atoms with Crippen molar-refractivity contribution < 1.29 is 4.79 Å². The molecule has 2 aromatic rings. The molecule has 0 amide bonds. The van der Waals surface area contributed by atoms with Gasteiger partial charge in [0.15, 0.2) is 5.78 Å². The first-order valence-corrected chi connectivity index (χ1v) is 7.70. The van der Waals surface area contributed by atoms with Gasteiger partial charge in [-0.05, 0) is 41.2 Å². The van der Waals surface area contributed by atoms with Crippen molar-refractivity contribution in [1.29, 1.82) is 5.26 Å². The molecule has 2 rings (SSSR count). The fourth-order valence-corrected chi connectivity index (χ4v) is 3.36. The highest BCUT2D eigenvalue weighted by Gasteiger charge is 2.10. The first-order chi connectivity index (χ1) is 9.58. The Morgan fingerprint density at radius 1 is 1.40 bits per heavy atom. The van der Waals surface area contributed by atoms with Crippen LogP contribution in [-0.4, -0.2) is 24.3 Å². The van der Waals surface area contributed by atoms with Gasteiger partial charge < -0.3 is 0 Å². The Morgan fingerprint density at radius 2 is 2.10 bits per heavy atom. The van der Waals surface area contributed by atoms with Gasteiger partial charge in [-0.3, -0.25) is 9.69 Å². The number of likely N-dealkylation sites (N-methyl/N-ethyl adjacent to an activating group) is 1. The summed E-state index contributed by atoms with van der Waals surface area (Å²) in [5.74, 6) is 0.0626. The van der Waals surface area contributed by atoms with Crippen molar-refractivity contribution in [3.8, 4) is 6.07 Å². The number of Topliss-reactive ketones (excluding diaryl/α,β-unsaturated/α-hetero) is 1. The van der Waals surface area contributed by atoms with E-state index in [9.17, 15) is 4.79 Å². The molecule has 0 atom stereocenters. The zero-order valence-electron chi connectivity index (χ0n) is 11.0. The summed E-state index contributed by atoms with van der Waals surface area (Å²) in [6.07, 6.45) is 0. The van der Waals surface area contributed by atoms with Gasteiger partial charge >= 0.3 is 0 Å². The molecule has 0 saturated carbocycles. The highest BCUT2D eigenvalue weighted by Crippen LogP contribution is 2.20. The summed E-state index contributed by atoms with van der Waals surface area (Å²) < 4.78 is 1.07. The molecule has 0 saturated heterocycles. The lowest BCUT2D eigenvalue weighted by molar-refractivity contribution is 0.0943. The second-order valence-electron chi connectivity index (χ2n) is 4.52. The van der Waals surface area contributed by atoms with Gasteiger partial charge in [0, 0.05) is 26.8 Å². The molecule has 0 radical (unpaired) electrons. The van der Waals surface area contributed by atoms with Gasteiger partial charge in [-0.25, -0.2) is 0 Å². The van der Waals surface area contributed by atoms with Crippen LogP contribution in [-0.2, 0) is 6.54 Å². The van der Waals surface area contributed by atoms with Crippen LogP contribution >= 0.6 is 27.3 Å². The summed E-state index contributed by atoms with van der Waals surface area (Å²) in [5, 5.41) is 10.8. The number of benzene rings is 1. The third-order valence-electron chi connectivity index (χ3n) is 2.80. The summed E-state index contributed by atoms with van der Waals surface area (Å²) >= 11 is 5.09. The van der Waals surface area contributed by atoms with E-state index in [0.29, 0.717) is 17.7 Å². The number of carbonyl (C=O) groups is 1. The zero-order valence-corrected chi connectivity index (χ0v) is 13.4. The molecule has 0 bridgehead atoms. The maximum atomic E-state index is 12.1. The maximum absolute atomic E-state index is 12.1. The third kappa shape index (κ3) is 4.01. The number of nitriles is 1. The van der Waals surface area contributed by atoms with Gasteiger partial charge in [0.05, 0.1) is 18.2 Å².